The van der Waals surface area contributed by atoms with Crippen molar-refractivity contribution in [3.8, 4) is 0 Å². The average molecular weight is 344 g/mol. The molecule has 0 radical (unpaired) electrons. The highest BCUT2D eigenvalue weighted by atomic mass is 32.2. The number of aromatic amines is 1. The van der Waals surface area contributed by atoms with Crippen LogP contribution in [-0.4, -0.2) is 20.2 Å². The Morgan fingerprint density at radius 2 is 2.05 bits per heavy atom. The molecule has 1 N–H and O–H groups in total. The molecule has 0 fully saturated rings. The molecule has 110 valence electrons. The summed E-state index contributed by atoms with van der Waals surface area (Å²) in [6.07, 6.45) is 0.812. The van der Waals surface area contributed by atoms with E-state index in [0.717, 1.165) is 33.7 Å². The SMILES string of the molecule is c1csc(Cc2nc(SCc3nc4ccccc4s3)n[nH]2)c1. The zero-order valence-corrected chi connectivity index (χ0v) is 14.0. The predicted octanol–water partition coefficient (Wildman–Crippen LogP) is 4.36. The number of benzene rings is 1. The average Bonchev–Trinajstić information content (AvgIpc) is 3.26. The van der Waals surface area contributed by atoms with Crippen LogP contribution in [0.4, 0.5) is 0 Å². The first-order valence-electron chi connectivity index (χ1n) is 6.78. The third-order valence-electron chi connectivity index (χ3n) is 3.10. The molecule has 22 heavy (non-hydrogen) atoms. The first-order valence-corrected chi connectivity index (χ1v) is 9.46. The van der Waals surface area contributed by atoms with Crippen LogP contribution in [0, 0.1) is 0 Å². The molecule has 4 nitrogen and oxygen atoms in total. The van der Waals surface area contributed by atoms with E-state index < -0.39 is 0 Å². The van der Waals surface area contributed by atoms with E-state index in [1.54, 1.807) is 34.4 Å². The Bertz CT molecular complexity index is 846. The number of nitrogens with zero attached hydrogens (tertiary/aromatic N) is 3. The lowest BCUT2D eigenvalue weighted by molar-refractivity contribution is 0.960. The maximum Gasteiger partial charge on any atom is 0.208 e. The van der Waals surface area contributed by atoms with Crippen molar-refractivity contribution in [2.75, 3.05) is 0 Å². The Kier molecular flexibility index (Phi) is 3.92. The van der Waals surface area contributed by atoms with Crippen LogP contribution in [0.5, 0.6) is 0 Å². The van der Waals surface area contributed by atoms with Crippen molar-refractivity contribution in [2.45, 2.75) is 17.3 Å². The number of hydrogen-bond acceptors (Lipinski definition) is 6. The van der Waals surface area contributed by atoms with Crippen LogP contribution in [0.3, 0.4) is 0 Å². The summed E-state index contributed by atoms with van der Waals surface area (Å²) < 4.78 is 1.23. The molecule has 0 aliphatic carbocycles. The monoisotopic (exact) mass is 344 g/mol. The van der Waals surface area contributed by atoms with Crippen molar-refractivity contribution in [1.29, 1.82) is 0 Å². The summed E-state index contributed by atoms with van der Waals surface area (Å²) in [6.45, 7) is 0. The fraction of sp³-hybridized carbons (Fsp3) is 0.133. The summed E-state index contributed by atoms with van der Waals surface area (Å²) in [5.41, 5.74) is 1.07. The molecule has 0 aliphatic rings. The molecule has 0 spiro atoms. The number of hydrogen-bond donors (Lipinski definition) is 1. The number of thiophene rings is 1. The second-order valence-electron chi connectivity index (χ2n) is 4.68. The largest absolute Gasteiger partial charge is 0.262 e. The van der Waals surface area contributed by atoms with Crippen LogP contribution in [0.1, 0.15) is 15.7 Å². The summed E-state index contributed by atoms with van der Waals surface area (Å²) in [4.78, 5) is 10.5. The molecular weight excluding hydrogens is 332 g/mol. The molecule has 3 heterocycles. The molecule has 0 amide bonds. The number of fused-ring (bicyclic) bond motifs is 1. The minimum absolute atomic E-state index is 0.783. The van der Waals surface area contributed by atoms with E-state index in [0.29, 0.717) is 0 Å². The smallest absolute Gasteiger partial charge is 0.208 e. The molecule has 1 aromatic carbocycles. The number of thioether (sulfide) groups is 1. The minimum atomic E-state index is 0.783. The summed E-state index contributed by atoms with van der Waals surface area (Å²) in [5.74, 6) is 1.71. The van der Waals surface area contributed by atoms with Gasteiger partial charge in [0.2, 0.25) is 5.16 Å². The van der Waals surface area contributed by atoms with E-state index in [-0.39, 0.29) is 0 Å². The van der Waals surface area contributed by atoms with E-state index in [4.69, 9.17) is 0 Å². The van der Waals surface area contributed by atoms with Gasteiger partial charge in [0.15, 0.2) is 0 Å². The molecule has 0 saturated heterocycles. The van der Waals surface area contributed by atoms with Gasteiger partial charge in [0.1, 0.15) is 10.8 Å². The van der Waals surface area contributed by atoms with Gasteiger partial charge in [0, 0.05) is 11.3 Å². The Hall–Kier alpha value is -1.70. The summed E-state index contributed by atoms with van der Waals surface area (Å²) in [6, 6.07) is 12.4. The van der Waals surface area contributed by atoms with E-state index in [1.807, 2.05) is 18.2 Å². The first kappa shape index (κ1) is 13.9. The van der Waals surface area contributed by atoms with Gasteiger partial charge in [-0.3, -0.25) is 5.10 Å². The molecule has 0 saturated carbocycles. The van der Waals surface area contributed by atoms with E-state index in [9.17, 15) is 0 Å². The Morgan fingerprint density at radius 3 is 2.91 bits per heavy atom. The molecule has 4 aromatic rings. The predicted molar refractivity (Wildman–Crippen MR) is 92.7 cm³/mol. The number of para-hydroxylation sites is 1. The number of thiazole rings is 1. The van der Waals surface area contributed by atoms with Gasteiger partial charge in [-0.2, -0.15) is 0 Å². The minimum Gasteiger partial charge on any atom is -0.262 e. The molecule has 4 rings (SSSR count). The van der Waals surface area contributed by atoms with Crippen molar-refractivity contribution in [3.63, 3.8) is 0 Å². The third-order valence-corrected chi connectivity index (χ3v) is 6.05. The number of nitrogens with one attached hydrogen (secondary N) is 1. The van der Waals surface area contributed by atoms with E-state index in [2.05, 4.69) is 43.7 Å². The van der Waals surface area contributed by atoms with Gasteiger partial charge in [-0.1, -0.05) is 30.0 Å². The highest BCUT2D eigenvalue weighted by Crippen LogP contribution is 2.27. The van der Waals surface area contributed by atoms with Gasteiger partial charge >= 0.3 is 0 Å². The van der Waals surface area contributed by atoms with Gasteiger partial charge in [0.25, 0.3) is 0 Å². The standard InChI is InChI=1S/C15H12N4S3/c1-2-6-12-11(5-1)16-14(22-12)9-21-15-17-13(18-19-15)8-10-4-3-7-20-10/h1-7H,8-9H2,(H,17,18,19). The fourth-order valence-electron chi connectivity index (χ4n) is 2.11. The zero-order valence-electron chi connectivity index (χ0n) is 11.5. The lowest BCUT2D eigenvalue weighted by Crippen LogP contribution is -1.87. The number of rotatable bonds is 5. The lowest BCUT2D eigenvalue weighted by Gasteiger charge is -1.92. The molecule has 0 aliphatic heterocycles. The second-order valence-corrected chi connectivity index (χ2v) is 7.77. The maximum atomic E-state index is 4.63. The Morgan fingerprint density at radius 1 is 1.09 bits per heavy atom. The molecule has 0 atom stereocenters. The lowest BCUT2D eigenvalue weighted by atomic mass is 10.3. The topological polar surface area (TPSA) is 54.5 Å². The molecular formula is C15H12N4S3. The number of aromatic nitrogens is 4. The first-order chi connectivity index (χ1) is 10.9. The fourth-order valence-corrected chi connectivity index (χ4v) is 4.59. The second kappa shape index (κ2) is 6.20. The zero-order chi connectivity index (χ0) is 14.8. The van der Waals surface area contributed by atoms with Crippen molar-refractivity contribution in [3.05, 3.63) is 57.5 Å². The van der Waals surface area contributed by atoms with Gasteiger partial charge in [-0.05, 0) is 23.6 Å². The Balaban J connectivity index is 1.42. The third kappa shape index (κ3) is 3.06. The van der Waals surface area contributed by atoms with E-state index in [1.165, 1.54) is 9.58 Å². The highest BCUT2D eigenvalue weighted by Gasteiger charge is 2.08. The molecule has 0 unspecified atom stereocenters. The molecule has 7 heteroatoms. The van der Waals surface area contributed by atoms with Crippen molar-refractivity contribution in [2.24, 2.45) is 0 Å². The number of H-pyrrole nitrogens is 1. The molecule has 0 bridgehead atoms. The van der Waals surface area contributed by atoms with Gasteiger partial charge in [-0.15, -0.1) is 27.8 Å². The Labute approximate surface area is 139 Å². The normalized spacial score (nSPS) is 11.3. The van der Waals surface area contributed by atoms with Crippen LogP contribution in [-0.2, 0) is 12.2 Å². The van der Waals surface area contributed by atoms with Crippen LogP contribution in [0.25, 0.3) is 10.2 Å². The summed E-state index contributed by atoms with van der Waals surface area (Å²) in [7, 11) is 0. The quantitative estimate of drug-likeness (QED) is 0.547. The van der Waals surface area contributed by atoms with E-state index >= 15 is 0 Å². The van der Waals surface area contributed by atoms with Gasteiger partial charge in [0.05, 0.1) is 16.0 Å². The molecule has 3 aromatic heterocycles. The van der Waals surface area contributed by atoms with Crippen molar-refractivity contribution >= 4 is 44.7 Å². The van der Waals surface area contributed by atoms with Crippen LogP contribution < -0.4 is 0 Å². The van der Waals surface area contributed by atoms with Gasteiger partial charge in [-0.25, -0.2) is 9.97 Å². The summed E-state index contributed by atoms with van der Waals surface area (Å²) in [5, 5.41) is 11.3. The van der Waals surface area contributed by atoms with Crippen LogP contribution in [0.2, 0.25) is 0 Å². The highest BCUT2D eigenvalue weighted by molar-refractivity contribution is 7.98. The summed E-state index contributed by atoms with van der Waals surface area (Å²) >= 11 is 5.09. The maximum absolute atomic E-state index is 4.63. The van der Waals surface area contributed by atoms with Gasteiger partial charge < -0.3 is 0 Å². The van der Waals surface area contributed by atoms with Crippen LogP contribution >= 0.6 is 34.4 Å². The van der Waals surface area contributed by atoms with Crippen molar-refractivity contribution in [1.82, 2.24) is 20.2 Å². The van der Waals surface area contributed by atoms with Crippen molar-refractivity contribution < 1.29 is 0 Å². The van der Waals surface area contributed by atoms with Crippen LogP contribution in [0.15, 0.2) is 46.9 Å².